The fourth-order valence-electron chi connectivity index (χ4n) is 2.60. The minimum absolute atomic E-state index is 0.0652. The van der Waals surface area contributed by atoms with Gasteiger partial charge in [0.2, 0.25) is 0 Å². The van der Waals surface area contributed by atoms with Crippen LogP contribution in [0.4, 0.5) is 5.69 Å². The third kappa shape index (κ3) is 5.69. The van der Waals surface area contributed by atoms with Crippen molar-refractivity contribution >= 4 is 55.4 Å². The molecule has 9 heteroatoms. The Morgan fingerprint density at radius 1 is 1.03 bits per heavy atom. The van der Waals surface area contributed by atoms with Gasteiger partial charge in [0.25, 0.3) is 15.9 Å². The smallest absolute Gasteiger partial charge is 0.264 e. The lowest BCUT2D eigenvalue weighted by atomic mass is 10.2. The molecule has 3 aromatic rings. The van der Waals surface area contributed by atoms with E-state index in [9.17, 15) is 13.2 Å². The van der Waals surface area contributed by atoms with Gasteiger partial charge in [0.05, 0.1) is 16.8 Å². The zero-order chi connectivity index (χ0) is 21.6. The van der Waals surface area contributed by atoms with Crippen LogP contribution in [-0.4, -0.2) is 27.1 Å². The molecule has 0 aliphatic rings. The summed E-state index contributed by atoms with van der Waals surface area (Å²) in [6.45, 7) is -0.465. The highest BCUT2D eigenvalue weighted by Crippen LogP contribution is 2.25. The number of hydrogen-bond donors (Lipinski definition) is 1. The van der Waals surface area contributed by atoms with E-state index >= 15 is 0 Å². The maximum absolute atomic E-state index is 13.2. The van der Waals surface area contributed by atoms with Gasteiger partial charge < -0.3 is 0 Å². The Morgan fingerprint density at radius 2 is 1.77 bits per heavy atom. The summed E-state index contributed by atoms with van der Waals surface area (Å²) in [5.41, 5.74) is 3.41. The van der Waals surface area contributed by atoms with Gasteiger partial charge in [-0.2, -0.15) is 5.10 Å². The highest BCUT2D eigenvalue weighted by Gasteiger charge is 2.27. The number of nitrogens with zero attached hydrogens (tertiary/aromatic N) is 2. The molecule has 0 aliphatic heterocycles. The Morgan fingerprint density at radius 3 is 2.47 bits per heavy atom. The lowest BCUT2D eigenvalue weighted by Gasteiger charge is -2.23. The molecule has 1 N–H and O–H groups in total. The summed E-state index contributed by atoms with van der Waals surface area (Å²) in [6, 6.07) is 21.5. The van der Waals surface area contributed by atoms with Crippen LogP contribution in [0.2, 0.25) is 5.02 Å². The normalized spacial score (nSPS) is 11.4. The van der Waals surface area contributed by atoms with E-state index in [1.165, 1.54) is 24.4 Å². The van der Waals surface area contributed by atoms with Gasteiger partial charge in [-0.15, -0.1) is 0 Å². The first-order valence-electron chi connectivity index (χ1n) is 8.77. The summed E-state index contributed by atoms with van der Waals surface area (Å²) in [6.07, 6.45) is 1.47. The van der Waals surface area contributed by atoms with Crippen LogP contribution in [0.3, 0.4) is 0 Å². The van der Waals surface area contributed by atoms with Crippen LogP contribution >= 0.6 is 27.5 Å². The molecule has 3 aromatic carbocycles. The molecule has 0 atom stereocenters. The average molecular weight is 507 g/mol. The Kier molecular flexibility index (Phi) is 7.25. The second-order valence-electron chi connectivity index (χ2n) is 6.15. The molecule has 0 unspecified atom stereocenters. The fraction of sp³-hybridized carbons (Fsp3) is 0.0476. The summed E-state index contributed by atoms with van der Waals surface area (Å²) < 4.78 is 28.2. The Balaban J connectivity index is 1.83. The molecule has 0 aromatic heterocycles. The second-order valence-corrected chi connectivity index (χ2v) is 9.37. The number of hydrogen-bond acceptors (Lipinski definition) is 4. The van der Waals surface area contributed by atoms with Crippen LogP contribution in [0.1, 0.15) is 5.56 Å². The number of benzene rings is 3. The van der Waals surface area contributed by atoms with E-state index < -0.39 is 22.5 Å². The predicted molar refractivity (Wildman–Crippen MR) is 122 cm³/mol. The van der Waals surface area contributed by atoms with E-state index in [-0.39, 0.29) is 10.6 Å². The monoisotopic (exact) mass is 505 g/mol. The lowest BCUT2D eigenvalue weighted by Crippen LogP contribution is -2.39. The Bertz CT molecular complexity index is 1170. The van der Waals surface area contributed by atoms with E-state index in [1.807, 2.05) is 24.3 Å². The van der Waals surface area contributed by atoms with Crippen molar-refractivity contribution in [2.45, 2.75) is 4.90 Å². The van der Waals surface area contributed by atoms with Crippen molar-refractivity contribution < 1.29 is 13.2 Å². The van der Waals surface area contributed by atoms with E-state index in [4.69, 9.17) is 11.6 Å². The van der Waals surface area contributed by atoms with Crippen molar-refractivity contribution in [3.05, 3.63) is 93.9 Å². The van der Waals surface area contributed by atoms with E-state index in [2.05, 4.69) is 26.5 Å². The topological polar surface area (TPSA) is 78.8 Å². The number of rotatable bonds is 7. The highest BCUT2D eigenvalue weighted by molar-refractivity contribution is 9.10. The molecule has 30 heavy (non-hydrogen) atoms. The molecule has 0 fully saturated rings. The Labute approximate surface area is 188 Å². The number of amides is 1. The van der Waals surface area contributed by atoms with Crippen molar-refractivity contribution in [2.24, 2.45) is 5.10 Å². The molecule has 3 rings (SSSR count). The van der Waals surface area contributed by atoms with Crippen molar-refractivity contribution in [2.75, 3.05) is 10.8 Å². The molecule has 154 valence electrons. The summed E-state index contributed by atoms with van der Waals surface area (Å²) in [7, 11) is -3.99. The maximum atomic E-state index is 13.2. The van der Waals surface area contributed by atoms with Crippen LogP contribution in [0.5, 0.6) is 0 Å². The van der Waals surface area contributed by atoms with Crippen LogP contribution in [0, 0.1) is 0 Å². The average Bonchev–Trinajstić information content (AvgIpc) is 2.72. The fourth-order valence-corrected chi connectivity index (χ4v) is 4.63. The quantitative estimate of drug-likeness (QED) is 0.380. The number of carbonyl (C=O) groups is 1. The summed E-state index contributed by atoms with van der Waals surface area (Å²) >= 11 is 9.39. The molecule has 0 saturated heterocycles. The molecular formula is C21H17BrClN3O3S. The molecule has 6 nitrogen and oxygen atoms in total. The Hall–Kier alpha value is -2.68. The largest absolute Gasteiger partial charge is 0.271 e. The second kappa shape index (κ2) is 9.88. The van der Waals surface area contributed by atoms with Crippen molar-refractivity contribution in [1.29, 1.82) is 0 Å². The van der Waals surface area contributed by atoms with Gasteiger partial charge in [-0.25, -0.2) is 13.8 Å². The SMILES string of the molecule is O=C(CN(c1cccc(Cl)c1)S(=O)(=O)c1ccccc1)N/N=C\c1cccc(Br)c1. The van der Waals surface area contributed by atoms with Crippen molar-refractivity contribution in [1.82, 2.24) is 5.43 Å². The van der Waals surface area contributed by atoms with Crippen LogP contribution in [0.25, 0.3) is 0 Å². The molecule has 0 heterocycles. The number of anilines is 1. The standard InChI is InChI=1S/C21H17BrClN3O3S/c22-17-7-4-6-16(12-17)14-24-25-21(27)15-26(19-9-5-8-18(23)13-19)30(28,29)20-10-2-1-3-11-20/h1-14H,15H2,(H,25,27)/b24-14-. The molecule has 0 bridgehead atoms. The number of carbonyl (C=O) groups excluding carboxylic acids is 1. The number of sulfonamides is 1. The minimum atomic E-state index is -3.99. The van der Waals surface area contributed by atoms with Gasteiger partial charge in [-0.05, 0) is 48.0 Å². The molecule has 0 radical (unpaired) electrons. The van der Waals surface area contributed by atoms with Crippen LogP contribution in [0.15, 0.2) is 93.3 Å². The van der Waals surface area contributed by atoms with Gasteiger partial charge >= 0.3 is 0 Å². The third-order valence-corrected chi connectivity index (χ3v) is 6.48. The summed E-state index contributed by atoms with van der Waals surface area (Å²) in [5, 5.41) is 4.26. The van der Waals surface area contributed by atoms with Gasteiger partial charge in [0.1, 0.15) is 6.54 Å². The summed E-state index contributed by atoms with van der Waals surface area (Å²) in [5.74, 6) is -0.597. The molecular weight excluding hydrogens is 490 g/mol. The predicted octanol–water partition coefficient (Wildman–Crippen LogP) is 4.45. The van der Waals surface area contributed by atoms with Crippen LogP contribution < -0.4 is 9.73 Å². The molecule has 1 amide bonds. The van der Waals surface area contributed by atoms with Crippen molar-refractivity contribution in [3.63, 3.8) is 0 Å². The maximum Gasteiger partial charge on any atom is 0.264 e. The molecule has 0 spiro atoms. The zero-order valence-corrected chi connectivity index (χ0v) is 18.7. The molecule has 0 aliphatic carbocycles. The van der Waals surface area contributed by atoms with Gasteiger partial charge in [-0.3, -0.25) is 9.10 Å². The highest BCUT2D eigenvalue weighted by atomic mass is 79.9. The number of halogens is 2. The first-order chi connectivity index (χ1) is 14.4. The minimum Gasteiger partial charge on any atom is -0.271 e. The van der Waals surface area contributed by atoms with Crippen molar-refractivity contribution in [3.8, 4) is 0 Å². The third-order valence-electron chi connectivity index (χ3n) is 3.97. The first-order valence-corrected chi connectivity index (χ1v) is 11.4. The molecule has 0 saturated carbocycles. The zero-order valence-electron chi connectivity index (χ0n) is 15.6. The lowest BCUT2D eigenvalue weighted by molar-refractivity contribution is -0.119. The van der Waals surface area contributed by atoms with E-state index in [0.717, 1.165) is 14.3 Å². The number of hydrazone groups is 1. The summed E-state index contributed by atoms with van der Waals surface area (Å²) in [4.78, 5) is 12.5. The van der Waals surface area contributed by atoms with E-state index in [1.54, 1.807) is 36.4 Å². The number of nitrogens with one attached hydrogen (secondary N) is 1. The van der Waals surface area contributed by atoms with Gasteiger partial charge in [0, 0.05) is 9.50 Å². The van der Waals surface area contributed by atoms with Gasteiger partial charge in [0.15, 0.2) is 0 Å². The van der Waals surface area contributed by atoms with Gasteiger partial charge in [-0.1, -0.05) is 63.9 Å². The van der Waals surface area contributed by atoms with E-state index in [0.29, 0.717) is 5.02 Å². The van der Waals surface area contributed by atoms with Crippen LogP contribution in [-0.2, 0) is 14.8 Å². The first kappa shape index (κ1) is 22.0.